The van der Waals surface area contributed by atoms with Gasteiger partial charge in [-0.05, 0) is 65.7 Å². The van der Waals surface area contributed by atoms with Crippen molar-refractivity contribution >= 4 is 11.6 Å². The van der Waals surface area contributed by atoms with Gasteiger partial charge in [0.2, 0.25) is 0 Å². The van der Waals surface area contributed by atoms with Crippen molar-refractivity contribution in [1.29, 1.82) is 5.26 Å². The van der Waals surface area contributed by atoms with E-state index >= 15 is 0 Å². The van der Waals surface area contributed by atoms with E-state index in [0.29, 0.717) is 59.5 Å². The first-order chi connectivity index (χ1) is 20.8. The molecule has 0 bridgehead atoms. The summed E-state index contributed by atoms with van der Waals surface area (Å²) in [5, 5.41) is 47.5. The van der Waals surface area contributed by atoms with Gasteiger partial charge in [-0.25, -0.2) is 0 Å². The summed E-state index contributed by atoms with van der Waals surface area (Å²) in [6.07, 6.45) is 0. The third-order valence-corrected chi connectivity index (χ3v) is 7.97. The van der Waals surface area contributed by atoms with Crippen LogP contribution in [0.2, 0.25) is 5.02 Å². The Morgan fingerprint density at radius 2 is 1.35 bits per heavy atom. The number of ether oxygens (including phenoxy) is 2. The zero-order valence-electron chi connectivity index (χ0n) is 23.8. The van der Waals surface area contributed by atoms with Gasteiger partial charge in [-0.3, -0.25) is 0 Å². The second-order valence-electron chi connectivity index (χ2n) is 10.5. The number of fused-ring (bicyclic) bond motifs is 4. The fourth-order valence-electron chi connectivity index (χ4n) is 5.67. The minimum atomic E-state index is -1.26. The Balaban J connectivity index is 0.000000171. The van der Waals surface area contributed by atoms with Crippen molar-refractivity contribution in [2.24, 2.45) is 0 Å². The van der Waals surface area contributed by atoms with E-state index in [4.69, 9.17) is 31.4 Å². The number of hydrogen-bond acceptors (Lipinski definition) is 8. The van der Waals surface area contributed by atoms with Crippen LogP contribution in [0.3, 0.4) is 0 Å². The molecule has 0 fully saturated rings. The SMILES string of the molecule is CNCC1(O)c2cc(C#N)ccc2COc2ccccc21.OCCNCC1(O)c2cc(Cl)ccc2COc2ccccc21. The molecule has 8 nitrogen and oxygen atoms in total. The van der Waals surface area contributed by atoms with Crippen molar-refractivity contribution in [2.75, 3.05) is 33.3 Å². The molecule has 2 heterocycles. The van der Waals surface area contributed by atoms with Crippen molar-refractivity contribution in [3.63, 3.8) is 0 Å². The van der Waals surface area contributed by atoms with Gasteiger partial charge < -0.3 is 35.4 Å². The molecule has 222 valence electrons. The van der Waals surface area contributed by atoms with Crippen LogP contribution < -0.4 is 20.1 Å². The summed E-state index contributed by atoms with van der Waals surface area (Å²) >= 11 is 6.13. The number of halogens is 1. The summed E-state index contributed by atoms with van der Waals surface area (Å²) in [6.45, 7) is 1.78. The number of hydrogen-bond donors (Lipinski definition) is 5. The first-order valence-electron chi connectivity index (χ1n) is 14.0. The summed E-state index contributed by atoms with van der Waals surface area (Å²) in [4.78, 5) is 0. The first-order valence-corrected chi connectivity index (χ1v) is 14.4. The Bertz CT molecular complexity index is 1640. The molecular formula is C34H34ClN3O5. The maximum atomic E-state index is 11.4. The van der Waals surface area contributed by atoms with Gasteiger partial charge in [0.15, 0.2) is 0 Å². The molecular weight excluding hydrogens is 566 g/mol. The largest absolute Gasteiger partial charge is 0.488 e. The summed E-state index contributed by atoms with van der Waals surface area (Å²) in [7, 11) is 1.79. The van der Waals surface area contributed by atoms with Gasteiger partial charge >= 0.3 is 0 Å². The third kappa shape index (κ3) is 6.10. The molecule has 4 aromatic carbocycles. The maximum Gasteiger partial charge on any atom is 0.131 e. The van der Waals surface area contributed by atoms with Gasteiger partial charge in [-0.15, -0.1) is 0 Å². The molecule has 0 aromatic heterocycles. The van der Waals surface area contributed by atoms with Crippen LogP contribution in [0.4, 0.5) is 0 Å². The number of para-hydroxylation sites is 2. The number of aliphatic hydroxyl groups is 3. The van der Waals surface area contributed by atoms with Gasteiger partial charge in [0.05, 0.1) is 18.2 Å². The van der Waals surface area contributed by atoms with E-state index < -0.39 is 11.2 Å². The lowest BCUT2D eigenvalue weighted by atomic mass is 9.83. The molecule has 2 unspecified atom stereocenters. The molecule has 0 saturated heterocycles. The van der Waals surface area contributed by atoms with E-state index in [0.717, 1.165) is 22.3 Å². The Kier molecular flexibility index (Phi) is 9.33. The molecule has 0 aliphatic carbocycles. The molecule has 2 atom stereocenters. The molecule has 43 heavy (non-hydrogen) atoms. The fourth-order valence-corrected chi connectivity index (χ4v) is 5.84. The van der Waals surface area contributed by atoms with E-state index in [1.54, 1.807) is 31.3 Å². The summed E-state index contributed by atoms with van der Waals surface area (Å²) in [6, 6.07) is 27.8. The highest BCUT2D eigenvalue weighted by Crippen LogP contribution is 2.42. The summed E-state index contributed by atoms with van der Waals surface area (Å²) < 4.78 is 11.7. The molecule has 6 rings (SSSR count). The van der Waals surface area contributed by atoms with Crippen molar-refractivity contribution in [1.82, 2.24) is 10.6 Å². The Morgan fingerprint density at radius 1 is 0.791 bits per heavy atom. The molecule has 2 aliphatic rings. The number of aliphatic hydroxyl groups excluding tert-OH is 1. The quantitative estimate of drug-likeness (QED) is 0.211. The standard InChI is InChI=1S/C17H18ClNO3.C17H16N2O2/c18-13-6-5-12-10-22-16-4-2-1-3-14(16)17(21,15(12)9-13)11-19-7-8-20;1-19-11-17(20)14-4-2-3-5-16(14)21-10-13-7-6-12(9-18)8-15(13)17/h1-6,9,19-21H,7-8,10-11H2;2-8,19-20H,10-11H2,1H3. The minimum Gasteiger partial charge on any atom is -0.488 e. The van der Waals surface area contributed by atoms with Crippen LogP contribution in [0, 0.1) is 11.3 Å². The van der Waals surface area contributed by atoms with Crippen LogP contribution in [0.5, 0.6) is 11.5 Å². The van der Waals surface area contributed by atoms with Gasteiger partial charge in [0, 0.05) is 35.8 Å². The predicted octanol–water partition coefficient (Wildman–Crippen LogP) is 3.96. The number of likely N-dealkylation sites (N-methyl/N-ethyl adjacent to an activating group) is 1. The smallest absolute Gasteiger partial charge is 0.131 e. The number of nitriles is 1. The average molecular weight is 600 g/mol. The second-order valence-corrected chi connectivity index (χ2v) is 10.9. The van der Waals surface area contributed by atoms with Crippen molar-refractivity contribution in [2.45, 2.75) is 24.4 Å². The van der Waals surface area contributed by atoms with Crippen LogP contribution in [-0.2, 0) is 24.4 Å². The van der Waals surface area contributed by atoms with Gasteiger partial charge in [-0.1, -0.05) is 60.1 Å². The van der Waals surface area contributed by atoms with Gasteiger partial charge in [0.1, 0.15) is 35.9 Å². The molecule has 0 spiro atoms. The molecule has 0 radical (unpaired) electrons. The van der Waals surface area contributed by atoms with E-state index in [2.05, 4.69) is 16.7 Å². The van der Waals surface area contributed by atoms with Crippen LogP contribution in [0.25, 0.3) is 0 Å². The first kappa shape index (κ1) is 30.5. The number of nitrogens with zero attached hydrogens (tertiary/aromatic N) is 1. The van der Waals surface area contributed by atoms with Gasteiger partial charge in [-0.2, -0.15) is 5.26 Å². The van der Waals surface area contributed by atoms with Crippen LogP contribution >= 0.6 is 11.6 Å². The molecule has 4 aromatic rings. The van der Waals surface area contributed by atoms with Crippen LogP contribution in [-0.4, -0.2) is 48.6 Å². The topological polar surface area (TPSA) is 127 Å². The Morgan fingerprint density at radius 3 is 1.93 bits per heavy atom. The van der Waals surface area contributed by atoms with E-state index in [9.17, 15) is 10.2 Å². The molecule has 0 saturated carbocycles. The summed E-state index contributed by atoms with van der Waals surface area (Å²) in [5.41, 5.74) is 2.71. The lowest BCUT2D eigenvalue weighted by Gasteiger charge is -2.30. The van der Waals surface area contributed by atoms with Crippen molar-refractivity contribution < 1.29 is 24.8 Å². The van der Waals surface area contributed by atoms with E-state index in [1.807, 2.05) is 60.7 Å². The highest BCUT2D eigenvalue weighted by Gasteiger charge is 2.39. The molecule has 2 aliphatic heterocycles. The summed E-state index contributed by atoms with van der Waals surface area (Å²) in [5.74, 6) is 1.33. The minimum absolute atomic E-state index is 0.0105. The lowest BCUT2D eigenvalue weighted by Crippen LogP contribution is -2.40. The molecule has 5 N–H and O–H groups in total. The highest BCUT2D eigenvalue weighted by atomic mass is 35.5. The zero-order chi connectivity index (χ0) is 30.5. The average Bonchev–Trinajstić information content (AvgIpc) is 3.23. The number of benzene rings is 4. The van der Waals surface area contributed by atoms with Crippen LogP contribution in [0.15, 0.2) is 84.9 Å². The van der Waals surface area contributed by atoms with Crippen molar-refractivity contribution in [3.05, 3.63) is 129 Å². The van der Waals surface area contributed by atoms with E-state index in [-0.39, 0.29) is 13.2 Å². The van der Waals surface area contributed by atoms with Crippen LogP contribution in [0.1, 0.15) is 38.9 Å². The second kappa shape index (κ2) is 13.1. The molecule has 9 heteroatoms. The van der Waals surface area contributed by atoms with Crippen molar-refractivity contribution in [3.8, 4) is 17.6 Å². The molecule has 0 amide bonds. The lowest BCUT2D eigenvalue weighted by molar-refractivity contribution is 0.0779. The van der Waals surface area contributed by atoms with Gasteiger partial charge in [0.25, 0.3) is 0 Å². The number of nitrogens with one attached hydrogen (secondary N) is 2. The zero-order valence-corrected chi connectivity index (χ0v) is 24.6. The fraction of sp³-hybridized carbons (Fsp3) is 0.265. The highest BCUT2D eigenvalue weighted by molar-refractivity contribution is 6.30. The monoisotopic (exact) mass is 599 g/mol. The maximum absolute atomic E-state index is 11.4. The Labute approximate surface area is 256 Å². The normalized spacial score (nSPS) is 19.7. The van der Waals surface area contributed by atoms with E-state index in [1.165, 1.54) is 0 Å². The Hall–Kier alpha value is -3.94. The number of rotatable bonds is 6. The third-order valence-electron chi connectivity index (χ3n) is 7.74. The predicted molar refractivity (Wildman–Crippen MR) is 164 cm³/mol.